The normalized spacial score (nSPS) is 11.5. The van der Waals surface area contributed by atoms with Crippen LogP contribution in [0.4, 0.5) is 0 Å². The number of hydrogen-bond donors (Lipinski definition) is 1. The second kappa shape index (κ2) is 13.2. The first-order valence-corrected chi connectivity index (χ1v) is 9.63. The van der Waals surface area contributed by atoms with E-state index in [4.69, 9.17) is 6.42 Å². The van der Waals surface area contributed by atoms with Crippen LogP contribution in [0.5, 0.6) is 0 Å². The fourth-order valence-corrected chi connectivity index (χ4v) is 2.33. The zero-order valence-electron chi connectivity index (χ0n) is 17.6. The molecule has 0 saturated heterocycles. The third-order valence-corrected chi connectivity index (χ3v) is 4.00. The molecule has 144 valence electrons. The van der Waals surface area contributed by atoms with Crippen LogP contribution in [-0.2, 0) is 0 Å². The third kappa shape index (κ3) is 9.09. The number of hydrogen-bond acceptors (Lipinski definition) is 1. The summed E-state index contributed by atoms with van der Waals surface area (Å²) in [4.78, 5) is 0. The minimum absolute atomic E-state index is 0.722. The number of terminal acetylenes is 1. The Morgan fingerprint density at radius 3 is 2.50 bits per heavy atom. The average Bonchev–Trinajstić information content (AvgIpc) is 2.69. The molecule has 0 amide bonds. The molecule has 28 heavy (non-hydrogen) atoms. The Kier molecular flexibility index (Phi) is 10.9. The molecule has 0 aliphatic carbocycles. The molecular weight excluding hydrogens is 338 g/mol. The van der Waals surface area contributed by atoms with Gasteiger partial charge in [-0.1, -0.05) is 72.8 Å². The molecule has 1 nitrogen and oxygen atoms in total. The van der Waals surface area contributed by atoms with Crippen LogP contribution in [0.25, 0.3) is 0 Å². The Bertz CT molecular complexity index is 865. The van der Waals surface area contributed by atoms with Gasteiger partial charge < -0.3 is 5.32 Å². The fourth-order valence-electron chi connectivity index (χ4n) is 2.33. The van der Waals surface area contributed by atoms with E-state index in [0.717, 1.165) is 41.8 Å². The monoisotopic (exact) mass is 369 g/mol. The SMILES string of the molecule is C#CC(=C\CC)/C=C/CNC/C(C=C)=C/C(C#Cc1ccc(C)cc1)=C(C)C. The molecule has 0 spiro atoms. The summed E-state index contributed by atoms with van der Waals surface area (Å²) in [5.41, 5.74) is 6.48. The number of rotatable bonds is 8. The standard InChI is InChI=1S/C27H31N/c1-7-11-24(8-2)12-10-19-28-21-25(9-3)20-27(22(4)5)18-17-26-15-13-23(6)14-16-26/h2,9-16,20,28H,3,7,19,21H2,1,4-6H3/b12-10+,24-11+,25-20+. The molecule has 1 aromatic carbocycles. The lowest BCUT2D eigenvalue weighted by molar-refractivity contribution is 0.825. The summed E-state index contributed by atoms with van der Waals surface area (Å²) >= 11 is 0. The molecule has 0 radical (unpaired) electrons. The van der Waals surface area contributed by atoms with E-state index < -0.39 is 0 Å². The lowest BCUT2D eigenvalue weighted by Gasteiger charge is -2.04. The molecule has 0 unspecified atom stereocenters. The zero-order chi connectivity index (χ0) is 20.8. The summed E-state index contributed by atoms with van der Waals surface area (Å²) in [6.07, 6.45) is 16.4. The van der Waals surface area contributed by atoms with Crippen LogP contribution in [0, 0.1) is 31.1 Å². The molecule has 0 fully saturated rings. The van der Waals surface area contributed by atoms with E-state index in [1.54, 1.807) is 0 Å². The quantitative estimate of drug-likeness (QED) is 0.341. The molecule has 1 aromatic rings. The Balaban J connectivity index is 2.77. The smallest absolute Gasteiger partial charge is 0.0249 e. The molecule has 1 heteroatoms. The molecule has 0 atom stereocenters. The average molecular weight is 370 g/mol. The van der Waals surface area contributed by atoms with Crippen LogP contribution < -0.4 is 5.32 Å². The van der Waals surface area contributed by atoms with E-state index in [1.165, 1.54) is 11.1 Å². The largest absolute Gasteiger partial charge is 0.309 e. The first-order chi connectivity index (χ1) is 13.5. The van der Waals surface area contributed by atoms with Crippen molar-refractivity contribution in [3.05, 3.63) is 94.6 Å². The lowest BCUT2D eigenvalue weighted by atomic mass is 10.1. The van der Waals surface area contributed by atoms with Crippen LogP contribution in [0.1, 0.15) is 38.3 Å². The molecule has 0 aromatic heterocycles. The lowest BCUT2D eigenvalue weighted by Crippen LogP contribution is -2.16. The van der Waals surface area contributed by atoms with Gasteiger partial charge in [-0.15, -0.1) is 6.42 Å². The van der Waals surface area contributed by atoms with Crippen LogP contribution in [0.15, 0.2) is 83.5 Å². The summed E-state index contributed by atoms with van der Waals surface area (Å²) in [6, 6.07) is 8.26. The highest BCUT2D eigenvalue weighted by atomic mass is 14.8. The first-order valence-electron chi connectivity index (χ1n) is 9.63. The second-order valence-electron chi connectivity index (χ2n) is 6.70. The van der Waals surface area contributed by atoms with Gasteiger partial charge in [0.15, 0.2) is 0 Å². The van der Waals surface area contributed by atoms with E-state index in [9.17, 15) is 0 Å². The molecule has 0 bridgehead atoms. The van der Waals surface area contributed by atoms with Gasteiger partial charge in [-0.3, -0.25) is 0 Å². The Morgan fingerprint density at radius 1 is 1.21 bits per heavy atom. The summed E-state index contributed by atoms with van der Waals surface area (Å²) in [7, 11) is 0. The minimum Gasteiger partial charge on any atom is -0.309 e. The van der Waals surface area contributed by atoms with Gasteiger partial charge in [0.05, 0.1) is 0 Å². The van der Waals surface area contributed by atoms with E-state index in [0.29, 0.717) is 0 Å². The van der Waals surface area contributed by atoms with Crippen molar-refractivity contribution in [2.24, 2.45) is 0 Å². The number of benzene rings is 1. The number of allylic oxidation sites excluding steroid dienone is 6. The predicted molar refractivity (Wildman–Crippen MR) is 124 cm³/mol. The van der Waals surface area contributed by atoms with Gasteiger partial charge in [0.2, 0.25) is 0 Å². The van der Waals surface area contributed by atoms with Crippen molar-refractivity contribution < 1.29 is 0 Å². The molecule has 1 rings (SSSR count). The Labute approximate surface area is 171 Å². The van der Waals surface area contributed by atoms with Gasteiger partial charge in [-0.2, -0.15) is 0 Å². The number of nitrogens with one attached hydrogen (secondary N) is 1. The van der Waals surface area contributed by atoms with Crippen molar-refractivity contribution in [3.8, 4) is 24.2 Å². The summed E-state index contributed by atoms with van der Waals surface area (Å²) in [5, 5.41) is 3.39. The molecular formula is C27H31N. The van der Waals surface area contributed by atoms with Gasteiger partial charge >= 0.3 is 0 Å². The van der Waals surface area contributed by atoms with Crippen LogP contribution in [-0.4, -0.2) is 13.1 Å². The topological polar surface area (TPSA) is 12.0 Å². The Hall–Kier alpha value is -3.00. The van der Waals surface area contributed by atoms with Crippen molar-refractivity contribution in [1.82, 2.24) is 5.32 Å². The van der Waals surface area contributed by atoms with Crippen molar-refractivity contribution in [2.45, 2.75) is 34.1 Å². The van der Waals surface area contributed by atoms with E-state index in [1.807, 2.05) is 24.3 Å². The van der Waals surface area contributed by atoms with Crippen molar-refractivity contribution >= 4 is 0 Å². The summed E-state index contributed by atoms with van der Waals surface area (Å²) in [6.45, 7) is 13.7. The van der Waals surface area contributed by atoms with Crippen LogP contribution in [0.2, 0.25) is 0 Å². The van der Waals surface area contributed by atoms with Crippen molar-refractivity contribution in [2.75, 3.05) is 13.1 Å². The van der Waals surface area contributed by atoms with E-state index >= 15 is 0 Å². The van der Waals surface area contributed by atoms with Crippen molar-refractivity contribution in [3.63, 3.8) is 0 Å². The fraction of sp³-hybridized carbons (Fsp3) is 0.259. The summed E-state index contributed by atoms with van der Waals surface area (Å²) < 4.78 is 0. The van der Waals surface area contributed by atoms with E-state index in [-0.39, 0.29) is 0 Å². The highest BCUT2D eigenvalue weighted by molar-refractivity contribution is 5.49. The first kappa shape index (κ1) is 23.0. The minimum atomic E-state index is 0.722. The van der Waals surface area contributed by atoms with Gasteiger partial charge in [0.1, 0.15) is 0 Å². The van der Waals surface area contributed by atoms with Crippen molar-refractivity contribution in [1.29, 1.82) is 0 Å². The molecule has 0 aliphatic heterocycles. The Morgan fingerprint density at radius 2 is 1.93 bits per heavy atom. The van der Waals surface area contributed by atoms with Gasteiger partial charge in [0, 0.05) is 29.8 Å². The van der Waals surface area contributed by atoms with Crippen LogP contribution in [0.3, 0.4) is 0 Å². The zero-order valence-corrected chi connectivity index (χ0v) is 17.6. The second-order valence-corrected chi connectivity index (χ2v) is 6.70. The van der Waals surface area contributed by atoms with Crippen LogP contribution >= 0.6 is 0 Å². The maximum Gasteiger partial charge on any atom is 0.0249 e. The predicted octanol–water partition coefficient (Wildman–Crippen LogP) is 5.91. The molecule has 0 heterocycles. The number of aryl methyl sites for hydroxylation is 1. The highest BCUT2D eigenvalue weighted by Crippen LogP contribution is 2.09. The summed E-state index contributed by atoms with van der Waals surface area (Å²) in [5.74, 6) is 9.22. The molecule has 1 N–H and O–H groups in total. The third-order valence-electron chi connectivity index (χ3n) is 4.00. The maximum atomic E-state index is 5.47. The highest BCUT2D eigenvalue weighted by Gasteiger charge is 1.97. The maximum absolute atomic E-state index is 5.47. The van der Waals surface area contributed by atoms with Gasteiger partial charge in [-0.05, 0) is 57.0 Å². The van der Waals surface area contributed by atoms with Gasteiger partial charge in [0.25, 0.3) is 0 Å². The van der Waals surface area contributed by atoms with E-state index in [2.05, 4.69) is 87.7 Å². The van der Waals surface area contributed by atoms with Gasteiger partial charge in [-0.25, -0.2) is 0 Å². The molecule has 0 aliphatic rings. The molecule has 0 saturated carbocycles.